The summed E-state index contributed by atoms with van der Waals surface area (Å²) in [6.07, 6.45) is 3.21. The molecular weight excluding hydrogens is 168 g/mol. The maximum Gasteiger partial charge on any atom is 0.239 e. The van der Waals surface area contributed by atoms with Gasteiger partial charge in [-0.15, -0.1) is 0 Å². The number of hydrogen-bond donors (Lipinski definition) is 2. The number of nitrogens with zero attached hydrogens (tertiary/aromatic N) is 1. The number of aliphatic hydroxyl groups is 1. The molecule has 1 fully saturated rings. The summed E-state index contributed by atoms with van der Waals surface area (Å²) in [5.74, 6) is 0.105. The van der Waals surface area contributed by atoms with Gasteiger partial charge in [-0.05, 0) is 19.4 Å². The molecule has 0 spiro atoms. The van der Waals surface area contributed by atoms with Crippen molar-refractivity contribution in [2.75, 3.05) is 26.7 Å². The number of amides is 1. The summed E-state index contributed by atoms with van der Waals surface area (Å²) in [7, 11) is 1.73. The molecule has 1 rings (SSSR count). The van der Waals surface area contributed by atoms with E-state index in [4.69, 9.17) is 5.11 Å². The van der Waals surface area contributed by atoms with Crippen molar-refractivity contribution >= 4 is 5.91 Å². The maximum absolute atomic E-state index is 11.6. The van der Waals surface area contributed by atoms with Crippen LogP contribution in [-0.2, 0) is 4.79 Å². The largest absolute Gasteiger partial charge is 0.395 e. The van der Waals surface area contributed by atoms with Gasteiger partial charge in [-0.25, -0.2) is 0 Å². The van der Waals surface area contributed by atoms with Crippen molar-refractivity contribution in [3.05, 3.63) is 0 Å². The Morgan fingerprint density at radius 2 is 2.38 bits per heavy atom. The number of piperidine rings is 1. The highest BCUT2D eigenvalue weighted by Gasteiger charge is 2.22. The van der Waals surface area contributed by atoms with Gasteiger partial charge in [0.1, 0.15) is 0 Å². The molecule has 1 aliphatic rings. The average Bonchev–Trinajstić information content (AvgIpc) is 2.18. The molecule has 1 amide bonds. The third-order valence-electron chi connectivity index (χ3n) is 2.42. The van der Waals surface area contributed by atoms with Crippen LogP contribution >= 0.6 is 0 Å². The van der Waals surface area contributed by atoms with E-state index >= 15 is 0 Å². The molecule has 0 radical (unpaired) electrons. The maximum atomic E-state index is 11.6. The van der Waals surface area contributed by atoms with Gasteiger partial charge in [0.05, 0.1) is 12.6 Å². The third kappa shape index (κ3) is 2.97. The van der Waals surface area contributed by atoms with Crippen LogP contribution in [0.5, 0.6) is 0 Å². The fourth-order valence-electron chi connectivity index (χ4n) is 1.59. The smallest absolute Gasteiger partial charge is 0.239 e. The summed E-state index contributed by atoms with van der Waals surface area (Å²) in [4.78, 5) is 13.2. The fraction of sp³-hybridized carbons (Fsp3) is 0.889. The minimum atomic E-state index is -0.0229. The van der Waals surface area contributed by atoms with Crippen molar-refractivity contribution < 1.29 is 9.90 Å². The van der Waals surface area contributed by atoms with Crippen molar-refractivity contribution in [3.8, 4) is 0 Å². The SMILES string of the molecule is CN(CCO)C(=O)[C@@H]1CCCCN1. The fourth-order valence-corrected chi connectivity index (χ4v) is 1.59. The quantitative estimate of drug-likeness (QED) is 0.629. The monoisotopic (exact) mass is 186 g/mol. The Labute approximate surface area is 78.9 Å². The zero-order chi connectivity index (χ0) is 9.68. The molecule has 1 aliphatic heterocycles. The highest BCUT2D eigenvalue weighted by Crippen LogP contribution is 2.08. The summed E-state index contributed by atoms with van der Waals surface area (Å²) in [6, 6.07) is -0.0229. The molecule has 0 saturated carbocycles. The number of carbonyl (C=O) groups excluding carboxylic acids is 1. The zero-order valence-electron chi connectivity index (χ0n) is 8.12. The van der Waals surface area contributed by atoms with Crippen molar-refractivity contribution in [1.82, 2.24) is 10.2 Å². The lowest BCUT2D eigenvalue weighted by atomic mass is 10.0. The van der Waals surface area contributed by atoms with Gasteiger partial charge in [-0.3, -0.25) is 4.79 Å². The molecule has 0 aromatic heterocycles. The molecule has 0 unspecified atom stereocenters. The van der Waals surface area contributed by atoms with Crippen LogP contribution in [0.15, 0.2) is 0 Å². The molecule has 4 heteroatoms. The van der Waals surface area contributed by atoms with E-state index in [1.54, 1.807) is 11.9 Å². The van der Waals surface area contributed by atoms with E-state index in [9.17, 15) is 4.79 Å². The number of carbonyl (C=O) groups is 1. The first kappa shape index (κ1) is 10.5. The number of rotatable bonds is 3. The molecule has 2 N–H and O–H groups in total. The van der Waals surface area contributed by atoms with Gasteiger partial charge in [0.2, 0.25) is 5.91 Å². The van der Waals surface area contributed by atoms with Gasteiger partial charge in [0.25, 0.3) is 0 Å². The van der Waals surface area contributed by atoms with Gasteiger partial charge in [-0.2, -0.15) is 0 Å². The van der Waals surface area contributed by atoms with E-state index in [1.165, 1.54) is 0 Å². The van der Waals surface area contributed by atoms with Crippen LogP contribution in [0.4, 0.5) is 0 Å². The summed E-state index contributed by atoms with van der Waals surface area (Å²) < 4.78 is 0. The molecule has 13 heavy (non-hydrogen) atoms. The van der Waals surface area contributed by atoms with E-state index in [1.807, 2.05) is 0 Å². The van der Waals surface area contributed by atoms with E-state index in [-0.39, 0.29) is 18.6 Å². The van der Waals surface area contributed by atoms with Crippen molar-refractivity contribution in [2.45, 2.75) is 25.3 Å². The van der Waals surface area contributed by atoms with Crippen LogP contribution in [0.25, 0.3) is 0 Å². The Balaban J connectivity index is 2.36. The lowest BCUT2D eigenvalue weighted by molar-refractivity contribution is -0.133. The van der Waals surface area contributed by atoms with E-state index in [0.717, 1.165) is 25.8 Å². The van der Waals surface area contributed by atoms with Gasteiger partial charge < -0.3 is 15.3 Å². The van der Waals surface area contributed by atoms with Crippen LogP contribution in [0.3, 0.4) is 0 Å². The minimum Gasteiger partial charge on any atom is -0.395 e. The summed E-state index contributed by atoms with van der Waals surface area (Å²) >= 11 is 0. The summed E-state index contributed by atoms with van der Waals surface area (Å²) in [5.41, 5.74) is 0. The Kier molecular flexibility index (Phi) is 4.18. The molecule has 4 nitrogen and oxygen atoms in total. The Bertz CT molecular complexity index is 167. The van der Waals surface area contributed by atoms with E-state index in [2.05, 4.69) is 5.32 Å². The molecule has 1 atom stereocenters. The Morgan fingerprint density at radius 1 is 1.62 bits per heavy atom. The zero-order valence-corrected chi connectivity index (χ0v) is 8.12. The van der Waals surface area contributed by atoms with Crippen molar-refractivity contribution in [1.29, 1.82) is 0 Å². The Morgan fingerprint density at radius 3 is 2.92 bits per heavy atom. The predicted molar refractivity (Wildman–Crippen MR) is 50.4 cm³/mol. The molecule has 0 aromatic rings. The van der Waals surface area contributed by atoms with Crippen molar-refractivity contribution in [3.63, 3.8) is 0 Å². The van der Waals surface area contributed by atoms with Gasteiger partial charge in [0.15, 0.2) is 0 Å². The van der Waals surface area contributed by atoms with Crippen LogP contribution < -0.4 is 5.32 Å². The minimum absolute atomic E-state index is 0.0229. The lowest BCUT2D eigenvalue weighted by Crippen LogP contribution is -2.47. The predicted octanol–water partition coefficient (Wildman–Crippen LogP) is -0.421. The standard InChI is InChI=1S/C9H18N2O2/c1-11(6-7-12)9(13)8-4-2-3-5-10-8/h8,10,12H,2-7H2,1H3/t8-/m0/s1. The topological polar surface area (TPSA) is 52.6 Å². The molecule has 0 aliphatic carbocycles. The molecule has 0 bridgehead atoms. The average molecular weight is 186 g/mol. The molecule has 76 valence electrons. The van der Waals surface area contributed by atoms with Crippen molar-refractivity contribution in [2.24, 2.45) is 0 Å². The molecular formula is C9H18N2O2. The lowest BCUT2D eigenvalue weighted by Gasteiger charge is -2.26. The van der Waals surface area contributed by atoms with Crippen LogP contribution in [-0.4, -0.2) is 48.7 Å². The summed E-state index contributed by atoms with van der Waals surface area (Å²) in [5, 5.41) is 11.9. The highest BCUT2D eigenvalue weighted by molar-refractivity contribution is 5.81. The second kappa shape index (κ2) is 5.19. The van der Waals surface area contributed by atoms with E-state index in [0.29, 0.717) is 6.54 Å². The first-order chi connectivity index (χ1) is 6.25. The number of aliphatic hydroxyl groups excluding tert-OH is 1. The van der Waals surface area contributed by atoms with Gasteiger partial charge in [-0.1, -0.05) is 6.42 Å². The number of hydrogen-bond acceptors (Lipinski definition) is 3. The second-order valence-electron chi connectivity index (χ2n) is 3.49. The van der Waals surface area contributed by atoms with Gasteiger partial charge in [0, 0.05) is 13.6 Å². The molecule has 1 heterocycles. The molecule has 1 saturated heterocycles. The first-order valence-electron chi connectivity index (χ1n) is 4.85. The number of likely N-dealkylation sites (N-methyl/N-ethyl adjacent to an activating group) is 1. The normalized spacial score (nSPS) is 22.8. The van der Waals surface area contributed by atoms with Gasteiger partial charge >= 0.3 is 0 Å². The van der Waals surface area contributed by atoms with Crippen LogP contribution in [0.1, 0.15) is 19.3 Å². The second-order valence-corrected chi connectivity index (χ2v) is 3.49. The number of nitrogens with one attached hydrogen (secondary N) is 1. The molecule has 0 aromatic carbocycles. The third-order valence-corrected chi connectivity index (χ3v) is 2.42. The first-order valence-corrected chi connectivity index (χ1v) is 4.85. The Hall–Kier alpha value is -0.610. The van der Waals surface area contributed by atoms with E-state index < -0.39 is 0 Å². The van der Waals surface area contributed by atoms with Crippen LogP contribution in [0, 0.1) is 0 Å². The highest BCUT2D eigenvalue weighted by atomic mass is 16.3. The van der Waals surface area contributed by atoms with Crippen LogP contribution in [0.2, 0.25) is 0 Å². The summed E-state index contributed by atoms with van der Waals surface area (Å²) in [6.45, 7) is 1.40.